The number of esters is 1. The van der Waals surface area contributed by atoms with Crippen LogP contribution in [0.15, 0.2) is 91.3 Å². The number of aromatic nitrogens is 3. The topological polar surface area (TPSA) is 191 Å². The van der Waals surface area contributed by atoms with Gasteiger partial charge in [-0.2, -0.15) is 18.3 Å². The van der Waals surface area contributed by atoms with E-state index in [0.29, 0.717) is 55.7 Å². The van der Waals surface area contributed by atoms with Crippen LogP contribution in [0.5, 0.6) is 23.0 Å². The van der Waals surface area contributed by atoms with E-state index in [1.165, 1.54) is 7.11 Å². The Morgan fingerprint density at radius 3 is 2.10 bits per heavy atom. The zero-order valence-electron chi connectivity index (χ0n) is 30.0. The molecule has 1 atom stereocenters. The first-order valence-electron chi connectivity index (χ1n) is 16.2. The van der Waals surface area contributed by atoms with Crippen molar-refractivity contribution in [2.75, 3.05) is 19.5 Å². The summed E-state index contributed by atoms with van der Waals surface area (Å²) in [6.45, 7) is 1.22. The lowest BCUT2D eigenvalue weighted by atomic mass is 10.2. The molecule has 1 unspecified atom stereocenters. The van der Waals surface area contributed by atoms with E-state index in [1.807, 2.05) is 0 Å². The van der Waals surface area contributed by atoms with Gasteiger partial charge in [-0.3, -0.25) is 15.1 Å². The number of nitrogens with zero attached hydrogens (tertiary/aromatic N) is 4. The number of halogens is 8. The molecule has 0 aliphatic heterocycles. The van der Waals surface area contributed by atoms with Crippen LogP contribution in [0, 0.1) is 10.1 Å². The normalized spacial score (nSPS) is 11.3. The van der Waals surface area contributed by atoms with Crippen LogP contribution in [-0.4, -0.2) is 56.6 Å². The van der Waals surface area contributed by atoms with Gasteiger partial charge in [0.25, 0.3) is 0 Å². The number of ether oxygens (including phenoxy) is 4. The number of nitrogen functional groups attached to an aromatic ring is 1. The molecule has 0 aliphatic carbocycles. The molecule has 3 N–H and O–H groups in total. The number of aliphatic carboxylic acids is 1. The van der Waals surface area contributed by atoms with Crippen LogP contribution in [0.3, 0.4) is 0 Å². The molecule has 2 aromatic heterocycles. The SMILES string of the molecule is COC(=O)C(C)Oc1ccc(Oc2ccc(Cl)cc2Cl)cc1.Nc1c([N+](=O)[O-])cnn1-c1c(Cl)cc(C(F)(F)F)cc1Cl.O=C(O)COc1ccc(Cl)c2cccnc12. The number of rotatable bonds is 10. The number of carbonyl (C=O) groups excluding carboxylic acids is 1. The van der Waals surface area contributed by atoms with Crippen LogP contribution >= 0.6 is 58.0 Å². The van der Waals surface area contributed by atoms with Crippen molar-refractivity contribution >= 4 is 92.4 Å². The second-order valence-corrected chi connectivity index (χ2v) is 13.5. The number of methoxy groups -OCH3 is 1. The van der Waals surface area contributed by atoms with Crippen molar-refractivity contribution in [1.29, 1.82) is 0 Å². The molecule has 0 radical (unpaired) electrons. The third kappa shape index (κ3) is 12.4. The van der Waals surface area contributed by atoms with Gasteiger partial charge in [-0.25, -0.2) is 14.3 Å². The van der Waals surface area contributed by atoms with E-state index >= 15 is 0 Å². The Balaban J connectivity index is 0.000000198. The Labute approximate surface area is 356 Å². The number of benzene rings is 4. The lowest BCUT2D eigenvalue weighted by Gasteiger charge is -2.13. The molecule has 0 amide bonds. The molecule has 14 nitrogen and oxygen atoms in total. The number of nitrogens with two attached hydrogens (primary N) is 1. The summed E-state index contributed by atoms with van der Waals surface area (Å²) in [7, 11) is 1.31. The van der Waals surface area contributed by atoms with Gasteiger partial charge in [-0.05, 0) is 85.8 Å². The van der Waals surface area contributed by atoms with Gasteiger partial charge < -0.3 is 29.8 Å². The summed E-state index contributed by atoms with van der Waals surface area (Å²) in [4.78, 5) is 35.7. The number of anilines is 1. The molecule has 0 spiro atoms. The Hall–Kier alpha value is -5.72. The number of carboxylic acid groups (broad SMARTS) is 1. The highest BCUT2D eigenvalue weighted by atomic mass is 35.5. The molecule has 0 fully saturated rings. The van der Waals surface area contributed by atoms with Crippen molar-refractivity contribution < 1.29 is 51.7 Å². The predicted octanol–water partition coefficient (Wildman–Crippen LogP) is 10.8. The lowest BCUT2D eigenvalue weighted by molar-refractivity contribution is -0.383. The zero-order chi connectivity index (χ0) is 43.6. The van der Waals surface area contributed by atoms with E-state index in [-0.39, 0.29) is 15.7 Å². The molecule has 0 aliphatic rings. The standard InChI is InChI=1S/C16H14Cl2O4.C11H8ClNO3.C10H5Cl2F3N4O2/c1-10(16(19)20-2)21-12-4-6-13(7-5-12)22-15-8-3-11(17)9-14(15)18;12-8-3-4-9(16-6-10(14)15)11-7(8)2-1-5-13-11;11-5-1-4(10(13,14)15)2-6(12)8(5)18-9(16)7(3-17-18)19(20)21/h3-10H,1-2H3;1-5H,6H2,(H,14,15);1-3H,16H2. The summed E-state index contributed by atoms with van der Waals surface area (Å²) in [6.07, 6.45) is -2.86. The van der Waals surface area contributed by atoms with Gasteiger partial charge >= 0.3 is 23.8 Å². The monoisotopic (exact) mass is 917 g/mol. The highest BCUT2D eigenvalue weighted by Crippen LogP contribution is 2.39. The molecule has 4 aromatic carbocycles. The first kappa shape index (κ1) is 46.0. The molecule has 59 heavy (non-hydrogen) atoms. The third-order valence-corrected chi connectivity index (χ3v) is 8.80. The van der Waals surface area contributed by atoms with Crippen molar-refractivity contribution in [2.45, 2.75) is 19.2 Å². The summed E-state index contributed by atoms with van der Waals surface area (Å²) < 4.78 is 59.5. The minimum absolute atomic E-state index is 0.170. The smallest absolute Gasteiger partial charge is 0.416 e. The Morgan fingerprint density at radius 2 is 1.54 bits per heavy atom. The molecule has 0 bridgehead atoms. The summed E-state index contributed by atoms with van der Waals surface area (Å²) in [5.74, 6) is 0.177. The summed E-state index contributed by atoms with van der Waals surface area (Å²) in [6, 6.07) is 19.9. The van der Waals surface area contributed by atoms with E-state index in [9.17, 15) is 32.9 Å². The summed E-state index contributed by atoms with van der Waals surface area (Å²) >= 11 is 29.4. The van der Waals surface area contributed by atoms with Gasteiger partial charge in [0.15, 0.2) is 12.7 Å². The number of carbonyl (C=O) groups is 2. The molecule has 22 heteroatoms. The van der Waals surface area contributed by atoms with Crippen LogP contribution in [0.2, 0.25) is 25.1 Å². The highest BCUT2D eigenvalue weighted by Gasteiger charge is 2.33. The van der Waals surface area contributed by atoms with E-state index in [4.69, 9.17) is 83.1 Å². The summed E-state index contributed by atoms with van der Waals surface area (Å²) in [5.41, 5.74) is 4.35. The Kier molecular flexibility index (Phi) is 15.8. The van der Waals surface area contributed by atoms with Gasteiger partial charge in [0.1, 0.15) is 40.4 Å². The maximum absolute atomic E-state index is 12.6. The fraction of sp³-hybridized carbons (Fsp3) is 0.135. The van der Waals surface area contributed by atoms with Crippen molar-refractivity contribution in [2.24, 2.45) is 0 Å². The molecular formula is C37H27Cl5F3N5O9. The second-order valence-electron chi connectivity index (χ2n) is 11.4. The maximum Gasteiger partial charge on any atom is 0.416 e. The second kappa shape index (κ2) is 20.3. The Bertz CT molecular complexity index is 2450. The number of carboxylic acids is 1. The van der Waals surface area contributed by atoms with E-state index in [0.717, 1.165) is 16.3 Å². The summed E-state index contributed by atoms with van der Waals surface area (Å²) in [5, 5.41) is 24.3. The van der Waals surface area contributed by atoms with Crippen molar-refractivity contribution in [3.8, 4) is 28.7 Å². The molecule has 6 aromatic rings. The first-order chi connectivity index (χ1) is 27.8. The molecule has 2 heterocycles. The molecule has 0 saturated heterocycles. The molecule has 0 saturated carbocycles. The number of nitro groups is 1. The molecular weight excluding hydrogens is 893 g/mol. The minimum atomic E-state index is -4.63. The van der Waals surface area contributed by atoms with Crippen LogP contribution in [0.25, 0.3) is 16.6 Å². The highest BCUT2D eigenvalue weighted by molar-refractivity contribution is 6.38. The minimum Gasteiger partial charge on any atom is -0.480 e. The van der Waals surface area contributed by atoms with Gasteiger partial charge in [-0.15, -0.1) is 0 Å². The van der Waals surface area contributed by atoms with Crippen molar-refractivity contribution in [3.05, 3.63) is 132 Å². The fourth-order valence-electron chi connectivity index (χ4n) is 4.66. The first-order valence-corrected chi connectivity index (χ1v) is 18.1. The van der Waals surface area contributed by atoms with Crippen LogP contribution in [0.4, 0.5) is 24.7 Å². The van der Waals surface area contributed by atoms with E-state index in [2.05, 4.69) is 14.8 Å². The van der Waals surface area contributed by atoms with E-state index in [1.54, 1.807) is 79.9 Å². The lowest BCUT2D eigenvalue weighted by Crippen LogP contribution is -2.24. The average Bonchev–Trinajstić information content (AvgIpc) is 3.56. The third-order valence-electron chi connectivity index (χ3n) is 7.36. The van der Waals surface area contributed by atoms with Gasteiger partial charge in [-0.1, -0.05) is 58.0 Å². The number of fused-ring (bicyclic) bond motifs is 1. The van der Waals surface area contributed by atoms with Crippen LogP contribution in [-0.2, 0) is 20.5 Å². The predicted molar refractivity (Wildman–Crippen MR) is 215 cm³/mol. The maximum atomic E-state index is 12.6. The van der Waals surface area contributed by atoms with E-state index < -0.39 is 52.8 Å². The quantitative estimate of drug-likeness (QED) is 0.0752. The average molecular weight is 920 g/mol. The van der Waals surface area contributed by atoms with Crippen LogP contribution in [0.1, 0.15) is 12.5 Å². The van der Waals surface area contributed by atoms with Crippen molar-refractivity contribution in [3.63, 3.8) is 0 Å². The van der Waals surface area contributed by atoms with Gasteiger partial charge in [0.2, 0.25) is 5.82 Å². The largest absolute Gasteiger partial charge is 0.480 e. The van der Waals surface area contributed by atoms with Crippen molar-refractivity contribution in [1.82, 2.24) is 14.8 Å². The van der Waals surface area contributed by atoms with Gasteiger partial charge in [0, 0.05) is 16.6 Å². The van der Waals surface area contributed by atoms with Gasteiger partial charge in [0.05, 0.1) is 37.7 Å². The molecule has 310 valence electrons. The zero-order valence-corrected chi connectivity index (χ0v) is 33.8. The number of alkyl halides is 3. The fourth-order valence-corrected chi connectivity index (χ4v) is 5.97. The number of hydrogen-bond acceptors (Lipinski definition) is 11. The molecule has 6 rings (SSSR count). The Morgan fingerprint density at radius 1 is 0.915 bits per heavy atom. The number of pyridine rings is 1. The number of hydrogen-bond donors (Lipinski definition) is 2. The van der Waals surface area contributed by atoms with Crippen LogP contribution < -0.4 is 19.9 Å².